The first-order valence-corrected chi connectivity index (χ1v) is 15.6. The van der Waals surface area contributed by atoms with E-state index in [4.69, 9.17) is 14.1 Å². The molecular formula is C36H40N6O4. The summed E-state index contributed by atoms with van der Waals surface area (Å²) in [5, 5.41) is 2.82. The van der Waals surface area contributed by atoms with E-state index in [-0.39, 0.29) is 18.0 Å². The van der Waals surface area contributed by atoms with Crippen LogP contribution in [-0.4, -0.2) is 63.0 Å². The average Bonchev–Trinajstić information content (AvgIpc) is 3.77. The van der Waals surface area contributed by atoms with Crippen molar-refractivity contribution in [3.63, 3.8) is 0 Å². The second-order valence-electron chi connectivity index (χ2n) is 13.0. The van der Waals surface area contributed by atoms with E-state index in [0.29, 0.717) is 23.9 Å². The summed E-state index contributed by atoms with van der Waals surface area (Å²) in [6.45, 7) is 8.07. The van der Waals surface area contributed by atoms with Crippen LogP contribution in [0.5, 0.6) is 0 Å². The Balaban J connectivity index is 1.22. The van der Waals surface area contributed by atoms with Crippen molar-refractivity contribution in [3.05, 3.63) is 89.9 Å². The molecule has 0 aliphatic carbocycles. The minimum Gasteiger partial charge on any atom is -0.444 e. The summed E-state index contributed by atoms with van der Waals surface area (Å²) in [4.78, 5) is 43.1. The highest BCUT2D eigenvalue weighted by atomic mass is 16.6. The zero-order chi connectivity index (χ0) is 32.6. The summed E-state index contributed by atoms with van der Waals surface area (Å²) in [7, 11) is 3.88. The van der Waals surface area contributed by atoms with Crippen LogP contribution < -0.4 is 5.32 Å². The first-order chi connectivity index (χ1) is 22.0. The number of carbonyl (C=O) groups excluding carboxylic acids is 2. The molecule has 2 amide bonds. The molecule has 2 aromatic heterocycles. The second-order valence-corrected chi connectivity index (χ2v) is 13.0. The molecule has 2 N–H and O–H groups in total. The largest absolute Gasteiger partial charge is 0.444 e. The van der Waals surface area contributed by atoms with Crippen LogP contribution in [0.25, 0.3) is 33.8 Å². The Morgan fingerprint density at radius 2 is 1.83 bits per heavy atom. The number of aromatic amines is 1. The molecule has 46 heavy (non-hydrogen) atoms. The number of fused-ring (bicyclic) bond motifs is 1. The van der Waals surface area contributed by atoms with Gasteiger partial charge in [-0.1, -0.05) is 36.4 Å². The smallest absolute Gasteiger partial charge is 0.412 e. The number of imidazole rings is 1. The lowest BCUT2D eigenvalue weighted by molar-refractivity contribution is -0.137. The average molecular weight is 621 g/mol. The predicted octanol–water partition coefficient (Wildman–Crippen LogP) is 7.51. The number of H-pyrrole nitrogens is 1. The maximum absolute atomic E-state index is 13.9. The van der Waals surface area contributed by atoms with E-state index >= 15 is 0 Å². The Kier molecular flexibility index (Phi) is 8.39. The summed E-state index contributed by atoms with van der Waals surface area (Å²) in [6.07, 6.45) is 2.94. The molecule has 10 nitrogen and oxygen atoms in total. The van der Waals surface area contributed by atoms with Crippen LogP contribution in [0.2, 0.25) is 0 Å². The molecule has 1 fully saturated rings. The zero-order valence-corrected chi connectivity index (χ0v) is 27.1. The van der Waals surface area contributed by atoms with Gasteiger partial charge in [0.15, 0.2) is 5.76 Å². The molecular weight excluding hydrogens is 580 g/mol. The van der Waals surface area contributed by atoms with Crippen molar-refractivity contribution in [2.45, 2.75) is 58.2 Å². The molecule has 0 saturated carbocycles. The SMILES string of the molecule is Cc1ccc(-c2ncc(-c3ccc4nc([C@@H]5CCCN5C(=O)[C@@H](c5ccccc5)N(C)C)[nH]c4c3)o2)cc1NC(=O)OC(C)(C)C. The minimum atomic E-state index is -0.602. The number of rotatable bonds is 7. The number of aryl methyl sites for hydroxylation is 1. The molecule has 3 aromatic carbocycles. The molecule has 0 unspecified atom stereocenters. The fraction of sp³-hybridized carbons (Fsp3) is 0.333. The fourth-order valence-electron chi connectivity index (χ4n) is 5.95. The highest BCUT2D eigenvalue weighted by Crippen LogP contribution is 2.36. The lowest BCUT2D eigenvalue weighted by Crippen LogP contribution is -2.40. The predicted molar refractivity (Wildman–Crippen MR) is 178 cm³/mol. The number of nitrogens with one attached hydrogen (secondary N) is 2. The number of hydrogen-bond donors (Lipinski definition) is 2. The normalized spacial score (nSPS) is 15.8. The monoisotopic (exact) mass is 620 g/mol. The van der Waals surface area contributed by atoms with Crippen LogP contribution in [0.3, 0.4) is 0 Å². The van der Waals surface area contributed by atoms with E-state index < -0.39 is 11.7 Å². The molecule has 0 spiro atoms. The first kappa shape index (κ1) is 31.0. The number of anilines is 1. The number of hydrogen-bond acceptors (Lipinski definition) is 7. The van der Waals surface area contributed by atoms with Gasteiger partial charge >= 0.3 is 6.09 Å². The van der Waals surface area contributed by atoms with Crippen LogP contribution in [0, 0.1) is 6.92 Å². The topological polar surface area (TPSA) is 117 Å². The third-order valence-corrected chi connectivity index (χ3v) is 8.13. The summed E-state index contributed by atoms with van der Waals surface area (Å²) in [6, 6.07) is 21.0. The van der Waals surface area contributed by atoms with E-state index in [2.05, 4.69) is 15.3 Å². The lowest BCUT2D eigenvalue weighted by Gasteiger charge is -2.31. The zero-order valence-electron chi connectivity index (χ0n) is 27.1. The standard InChI is InChI=1S/C36H40N6O4/c1-22-14-15-25(20-27(22)40-35(44)46-36(2,3)4)33-37-21-30(45-33)24-16-17-26-28(19-24)39-32(38-26)29-13-10-18-42(29)34(43)31(41(5)6)23-11-8-7-9-12-23/h7-9,11-12,14-17,19-21,29,31H,10,13,18H2,1-6H3,(H,38,39)(H,40,44)/t29-,31+/m0/s1. The minimum absolute atomic E-state index is 0.0783. The summed E-state index contributed by atoms with van der Waals surface area (Å²) in [5.74, 6) is 1.90. The number of amides is 2. The molecule has 10 heteroatoms. The molecule has 2 atom stereocenters. The van der Waals surface area contributed by atoms with E-state index in [1.54, 1.807) is 6.20 Å². The van der Waals surface area contributed by atoms with Gasteiger partial charge in [0.25, 0.3) is 0 Å². The van der Waals surface area contributed by atoms with Crippen molar-refractivity contribution in [1.82, 2.24) is 24.8 Å². The number of aromatic nitrogens is 3. The van der Waals surface area contributed by atoms with Gasteiger partial charge in [0.2, 0.25) is 11.8 Å². The molecule has 1 aliphatic heterocycles. The van der Waals surface area contributed by atoms with E-state index in [1.165, 1.54) is 0 Å². The van der Waals surface area contributed by atoms with Crippen molar-refractivity contribution in [1.29, 1.82) is 0 Å². The van der Waals surface area contributed by atoms with Gasteiger partial charge in [-0.05, 0) is 96.1 Å². The van der Waals surface area contributed by atoms with Crippen molar-refractivity contribution in [2.24, 2.45) is 0 Å². The maximum atomic E-state index is 13.9. The van der Waals surface area contributed by atoms with Crippen LogP contribution >= 0.6 is 0 Å². The number of nitrogens with zero attached hydrogens (tertiary/aromatic N) is 4. The van der Waals surface area contributed by atoms with Gasteiger partial charge in [-0.15, -0.1) is 0 Å². The summed E-state index contributed by atoms with van der Waals surface area (Å²) < 4.78 is 11.6. The van der Waals surface area contributed by atoms with E-state index in [9.17, 15) is 9.59 Å². The molecule has 6 rings (SSSR count). The van der Waals surface area contributed by atoms with Crippen LogP contribution in [0.15, 0.2) is 77.3 Å². The Labute approximate surface area is 268 Å². The first-order valence-electron chi connectivity index (χ1n) is 15.6. The molecule has 0 radical (unpaired) electrons. The van der Waals surface area contributed by atoms with Gasteiger partial charge in [0.1, 0.15) is 17.5 Å². The molecule has 5 aromatic rings. The van der Waals surface area contributed by atoms with E-state index in [0.717, 1.165) is 52.0 Å². The molecule has 0 bridgehead atoms. The number of likely N-dealkylation sites (tertiary alicyclic amines) is 1. The molecule has 3 heterocycles. The quantitative estimate of drug-likeness (QED) is 0.193. The Morgan fingerprint density at radius 1 is 1.07 bits per heavy atom. The lowest BCUT2D eigenvalue weighted by atomic mass is 10.0. The van der Waals surface area contributed by atoms with Crippen LogP contribution in [-0.2, 0) is 9.53 Å². The van der Waals surface area contributed by atoms with Gasteiger partial charge in [-0.25, -0.2) is 14.8 Å². The Hall–Kier alpha value is -4.96. The third-order valence-electron chi connectivity index (χ3n) is 8.13. The molecule has 238 valence electrons. The van der Waals surface area contributed by atoms with Crippen molar-refractivity contribution in [2.75, 3.05) is 26.0 Å². The number of carbonyl (C=O) groups is 2. The summed E-state index contributed by atoms with van der Waals surface area (Å²) in [5.41, 5.74) is 5.14. The Morgan fingerprint density at radius 3 is 2.57 bits per heavy atom. The second kappa shape index (κ2) is 12.4. The highest BCUT2D eigenvalue weighted by molar-refractivity contribution is 5.87. The number of ether oxygens (including phenoxy) is 1. The number of benzene rings is 3. The highest BCUT2D eigenvalue weighted by Gasteiger charge is 2.37. The van der Waals surface area contributed by atoms with E-state index in [1.807, 2.05) is 118 Å². The van der Waals surface area contributed by atoms with Gasteiger partial charge in [0, 0.05) is 23.4 Å². The van der Waals surface area contributed by atoms with Crippen molar-refractivity contribution >= 4 is 28.7 Å². The van der Waals surface area contributed by atoms with Gasteiger partial charge in [0.05, 0.1) is 23.3 Å². The van der Waals surface area contributed by atoms with Crippen LogP contribution in [0.1, 0.15) is 62.6 Å². The van der Waals surface area contributed by atoms with Gasteiger partial charge < -0.3 is 19.0 Å². The molecule has 1 saturated heterocycles. The van der Waals surface area contributed by atoms with Gasteiger partial charge in [-0.2, -0.15) is 0 Å². The maximum Gasteiger partial charge on any atom is 0.412 e. The van der Waals surface area contributed by atoms with Crippen molar-refractivity contribution in [3.8, 4) is 22.8 Å². The number of oxazole rings is 1. The summed E-state index contributed by atoms with van der Waals surface area (Å²) >= 11 is 0. The Bertz CT molecular complexity index is 1870. The molecule has 1 aliphatic rings. The third kappa shape index (κ3) is 6.53. The fourth-order valence-corrected chi connectivity index (χ4v) is 5.95. The number of likely N-dealkylation sites (N-methyl/N-ethyl adjacent to an activating group) is 1. The van der Waals surface area contributed by atoms with Crippen molar-refractivity contribution < 1.29 is 18.7 Å². The van der Waals surface area contributed by atoms with Crippen LogP contribution in [0.4, 0.5) is 10.5 Å². The van der Waals surface area contributed by atoms with Gasteiger partial charge in [-0.3, -0.25) is 15.0 Å².